The number of ether oxygens (including phenoxy) is 2. The summed E-state index contributed by atoms with van der Waals surface area (Å²) in [6, 6.07) is 0. The monoisotopic (exact) mass is 126 g/mol. The van der Waals surface area contributed by atoms with Gasteiger partial charge < -0.3 is 9.47 Å². The molecule has 0 saturated carbocycles. The van der Waals surface area contributed by atoms with Crippen molar-refractivity contribution in [1.29, 1.82) is 0 Å². The zero-order chi connectivity index (χ0) is 6.91. The van der Waals surface area contributed by atoms with E-state index in [2.05, 4.69) is 12.3 Å². The van der Waals surface area contributed by atoms with E-state index in [1.54, 1.807) is 7.11 Å². The van der Waals surface area contributed by atoms with Crippen molar-refractivity contribution >= 4 is 0 Å². The Hall–Kier alpha value is -0.720. The summed E-state index contributed by atoms with van der Waals surface area (Å²) in [6.45, 7) is 6.14. The third-order valence-corrected chi connectivity index (χ3v) is 1.42. The second-order valence-electron chi connectivity index (χ2n) is 2.23. The smallest absolute Gasteiger partial charge is 0.171 e. The van der Waals surface area contributed by atoms with Crippen LogP contribution < -0.4 is 0 Å². The molecule has 9 heavy (non-hydrogen) atoms. The van der Waals surface area contributed by atoms with E-state index in [4.69, 9.17) is 9.47 Å². The van der Waals surface area contributed by atoms with E-state index in [0.29, 0.717) is 5.76 Å². The lowest BCUT2D eigenvalue weighted by atomic mass is 10.2. The first-order chi connectivity index (χ1) is 4.23. The Morgan fingerprint density at radius 1 is 1.89 bits per heavy atom. The van der Waals surface area contributed by atoms with E-state index in [-0.39, 0.29) is 5.60 Å². The van der Waals surface area contributed by atoms with Gasteiger partial charge in [-0.05, 0) is 6.92 Å². The molecule has 0 amide bonds. The molecule has 50 valence electrons. The van der Waals surface area contributed by atoms with Crippen LogP contribution in [-0.2, 0) is 9.47 Å². The van der Waals surface area contributed by atoms with Crippen molar-refractivity contribution in [3.8, 4) is 0 Å². The van der Waals surface area contributed by atoms with Crippen molar-refractivity contribution in [2.45, 2.75) is 12.5 Å². The molecule has 1 unspecified atom stereocenters. The maximum atomic E-state index is 5.08. The lowest BCUT2D eigenvalue weighted by Crippen LogP contribution is -2.09. The van der Waals surface area contributed by atoms with Gasteiger partial charge >= 0.3 is 0 Å². The van der Waals surface area contributed by atoms with E-state index >= 15 is 0 Å². The summed E-state index contributed by atoms with van der Waals surface area (Å²) >= 11 is 0. The zero-order valence-corrected chi connectivity index (χ0v) is 5.73. The molecule has 0 N–H and O–H groups in total. The first-order valence-corrected chi connectivity index (χ1v) is 2.81. The summed E-state index contributed by atoms with van der Waals surface area (Å²) in [6.07, 6.45) is 0. The molecule has 0 aromatic carbocycles. The molecule has 1 aliphatic rings. The molecular weight excluding hydrogens is 116 g/mol. The molecule has 1 aliphatic heterocycles. The lowest BCUT2D eigenvalue weighted by molar-refractivity contribution is 0.209. The van der Waals surface area contributed by atoms with Gasteiger partial charge in [0.2, 0.25) is 0 Å². The molecule has 1 fully saturated rings. The van der Waals surface area contributed by atoms with Crippen LogP contribution in [0.4, 0.5) is 0 Å². The molecule has 1 rings (SSSR count). The van der Waals surface area contributed by atoms with Crippen LogP contribution in [0.15, 0.2) is 18.1 Å². The first kappa shape index (κ1) is 6.40. The number of rotatable bonds is 2. The quantitative estimate of drug-likeness (QED) is 0.314. The van der Waals surface area contributed by atoms with E-state index in [0.717, 1.165) is 6.61 Å². The molecule has 0 radical (unpaired) electrons. The van der Waals surface area contributed by atoms with Crippen LogP contribution in [0.1, 0.15) is 6.92 Å². The third-order valence-electron chi connectivity index (χ3n) is 1.42. The minimum absolute atomic E-state index is 0.212. The number of hydrogen-bond donors (Lipinski definition) is 0. The van der Waals surface area contributed by atoms with Crippen LogP contribution in [0.3, 0.4) is 0 Å². The van der Waals surface area contributed by atoms with Crippen molar-refractivity contribution in [1.82, 2.24) is 0 Å². The van der Waals surface area contributed by atoms with E-state index < -0.39 is 0 Å². The summed E-state index contributed by atoms with van der Waals surface area (Å²) in [5.74, 6) is 0.697. The van der Waals surface area contributed by atoms with Crippen LogP contribution in [0.2, 0.25) is 0 Å². The van der Waals surface area contributed by atoms with Gasteiger partial charge in [0.25, 0.3) is 0 Å². The van der Waals surface area contributed by atoms with Crippen molar-refractivity contribution in [3.63, 3.8) is 0 Å². The Bertz CT molecular complexity index is 162. The molecule has 1 heterocycles. The van der Waals surface area contributed by atoms with E-state index in [1.807, 2.05) is 6.92 Å². The van der Waals surface area contributed by atoms with Crippen molar-refractivity contribution in [2.75, 3.05) is 13.7 Å². The average molecular weight is 126 g/mol. The Kier molecular flexibility index (Phi) is 1.35. The van der Waals surface area contributed by atoms with Crippen LogP contribution in [0.5, 0.6) is 0 Å². The molecule has 2 nitrogen and oxygen atoms in total. The second-order valence-corrected chi connectivity index (χ2v) is 2.23. The van der Waals surface area contributed by atoms with Gasteiger partial charge in [-0.15, -0.1) is 0 Å². The Morgan fingerprint density at radius 3 is 2.56 bits per heavy atom. The highest BCUT2D eigenvalue weighted by molar-refractivity contribution is 5.13. The topological polar surface area (TPSA) is 21.8 Å². The minimum atomic E-state index is -0.212. The van der Waals surface area contributed by atoms with Gasteiger partial charge in [0, 0.05) is 0 Å². The largest absolute Gasteiger partial charge is 0.490 e. The summed E-state index contributed by atoms with van der Waals surface area (Å²) in [5, 5.41) is 0. The highest BCUT2D eigenvalue weighted by Gasteiger charge is 2.44. The van der Waals surface area contributed by atoms with E-state index in [1.165, 1.54) is 0 Å². The van der Waals surface area contributed by atoms with Crippen molar-refractivity contribution < 1.29 is 9.47 Å². The van der Waals surface area contributed by atoms with Crippen LogP contribution in [-0.4, -0.2) is 19.3 Å². The molecular formula is C7H10O2. The molecule has 0 aliphatic carbocycles. The molecule has 0 aromatic rings. The van der Waals surface area contributed by atoms with Crippen LogP contribution >= 0.6 is 0 Å². The molecule has 0 aromatic heterocycles. The van der Waals surface area contributed by atoms with Gasteiger partial charge in [-0.25, -0.2) is 0 Å². The predicted octanol–water partition coefficient (Wildman–Crippen LogP) is 1.09. The number of hydrogen-bond acceptors (Lipinski definition) is 2. The third kappa shape index (κ3) is 0.995. The summed E-state index contributed by atoms with van der Waals surface area (Å²) in [4.78, 5) is 0. The van der Waals surface area contributed by atoms with E-state index in [9.17, 15) is 0 Å². The Labute approximate surface area is 54.8 Å². The van der Waals surface area contributed by atoms with Gasteiger partial charge in [-0.3, -0.25) is 0 Å². The maximum Gasteiger partial charge on any atom is 0.171 e. The van der Waals surface area contributed by atoms with Gasteiger partial charge in [0.15, 0.2) is 11.4 Å². The predicted molar refractivity (Wildman–Crippen MR) is 34.0 cm³/mol. The fourth-order valence-electron chi connectivity index (χ4n) is 0.714. The Morgan fingerprint density at radius 2 is 2.44 bits per heavy atom. The zero-order valence-electron chi connectivity index (χ0n) is 5.73. The fourth-order valence-corrected chi connectivity index (χ4v) is 0.714. The lowest BCUT2D eigenvalue weighted by Gasteiger charge is -2.04. The minimum Gasteiger partial charge on any atom is -0.490 e. The van der Waals surface area contributed by atoms with Gasteiger partial charge in [-0.1, -0.05) is 12.3 Å². The van der Waals surface area contributed by atoms with Crippen molar-refractivity contribution in [3.05, 3.63) is 18.1 Å². The molecule has 0 spiro atoms. The summed E-state index contributed by atoms with van der Waals surface area (Å²) in [5.41, 5.74) is 2.46. The van der Waals surface area contributed by atoms with Gasteiger partial charge in [-0.2, -0.15) is 0 Å². The van der Waals surface area contributed by atoms with Gasteiger partial charge in [0.05, 0.1) is 13.7 Å². The molecule has 2 heteroatoms. The SMILES string of the molecule is C=C=C(OC)C1(C)CO1. The van der Waals surface area contributed by atoms with Crippen molar-refractivity contribution in [2.24, 2.45) is 0 Å². The second kappa shape index (κ2) is 1.90. The fraction of sp³-hybridized carbons (Fsp3) is 0.571. The number of epoxide rings is 1. The standard InChI is InChI=1S/C7H10O2/c1-4-6(8-3)7(2)5-9-7/h1,5H2,2-3H3. The first-order valence-electron chi connectivity index (χ1n) is 2.81. The average Bonchev–Trinajstić information content (AvgIpc) is 2.52. The molecule has 1 atom stereocenters. The normalized spacial score (nSPS) is 30.9. The van der Waals surface area contributed by atoms with Crippen LogP contribution in [0, 0.1) is 0 Å². The molecule has 1 saturated heterocycles. The highest BCUT2D eigenvalue weighted by Crippen LogP contribution is 2.33. The number of methoxy groups -OCH3 is 1. The highest BCUT2D eigenvalue weighted by atomic mass is 16.6. The summed E-state index contributed by atoms with van der Waals surface area (Å²) < 4.78 is 10.0. The Balaban J connectivity index is 2.70. The summed E-state index contributed by atoms with van der Waals surface area (Å²) in [7, 11) is 1.60. The maximum absolute atomic E-state index is 5.08. The van der Waals surface area contributed by atoms with Crippen LogP contribution in [0.25, 0.3) is 0 Å². The molecule has 0 bridgehead atoms. The van der Waals surface area contributed by atoms with Gasteiger partial charge in [0.1, 0.15) is 0 Å².